The summed E-state index contributed by atoms with van der Waals surface area (Å²) in [7, 11) is 3.17. The van der Waals surface area contributed by atoms with Crippen molar-refractivity contribution in [2.45, 2.75) is 13.2 Å². The summed E-state index contributed by atoms with van der Waals surface area (Å²) in [6, 6.07) is 7.17. The first-order valence-corrected chi connectivity index (χ1v) is 6.77. The van der Waals surface area contributed by atoms with Crippen LogP contribution in [0.25, 0.3) is 10.9 Å². The van der Waals surface area contributed by atoms with Crippen LogP contribution < -0.4 is 10.3 Å². The smallest absolute Gasteiger partial charge is 0.261 e. The highest BCUT2D eigenvalue weighted by Crippen LogP contribution is 2.20. The molecule has 114 valence electrons. The van der Waals surface area contributed by atoms with E-state index in [2.05, 4.69) is 15.2 Å². The van der Waals surface area contributed by atoms with Gasteiger partial charge < -0.3 is 9.47 Å². The second-order valence-electron chi connectivity index (χ2n) is 4.85. The Morgan fingerprint density at radius 3 is 2.95 bits per heavy atom. The van der Waals surface area contributed by atoms with E-state index in [9.17, 15) is 4.79 Å². The molecule has 0 bridgehead atoms. The van der Waals surface area contributed by atoms with Crippen LogP contribution in [-0.4, -0.2) is 34.0 Å². The van der Waals surface area contributed by atoms with Crippen molar-refractivity contribution in [3.05, 3.63) is 52.3 Å². The van der Waals surface area contributed by atoms with Crippen LogP contribution in [0.3, 0.4) is 0 Å². The first-order chi connectivity index (χ1) is 10.7. The maximum Gasteiger partial charge on any atom is 0.261 e. The average molecular weight is 300 g/mol. The number of nitrogens with zero attached hydrogens (tertiary/aromatic N) is 3. The molecular formula is C15H16N4O3. The van der Waals surface area contributed by atoms with E-state index in [1.54, 1.807) is 32.4 Å². The van der Waals surface area contributed by atoms with Gasteiger partial charge in [0.05, 0.1) is 43.4 Å². The largest absolute Gasteiger partial charge is 0.494 e. The van der Waals surface area contributed by atoms with Crippen LogP contribution >= 0.6 is 0 Å². The third kappa shape index (κ3) is 2.58. The van der Waals surface area contributed by atoms with Gasteiger partial charge in [0.25, 0.3) is 5.56 Å². The van der Waals surface area contributed by atoms with E-state index in [4.69, 9.17) is 9.47 Å². The first-order valence-electron chi connectivity index (χ1n) is 6.77. The van der Waals surface area contributed by atoms with Crippen molar-refractivity contribution in [3.8, 4) is 5.75 Å². The number of aromatic nitrogens is 4. The van der Waals surface area contributed by atoms with Gasteiger partial charge in [0.15, 0.2) is 0 Å². The van der Waals surface area contributed by atoms with Gasteiger partial charge in [-0.25, -0.2) is 4.98 Å². The molecule has 0 atom stereocenters. The van der Waals surface area contributed by atoms with Crippen molar-refractivity contribution in [1.29, 1.82) is 0 Å². The fraction of sp³-hybridized carbons (Fsp3) is 0.267. The number of H-pyrrole nitrogens is 1. The Bertz CT molecular complexity index is 853. The zero-order valence-electron chi connectivity index (χ0n) is 12.4. The Kier molecular flexibility index (Phi) is 3.88. The molecule has 0 amide bonds. The van der Waals surface area contributed by atoms with Gasteiger partial charge in [-0.1, -0.05) is 6.07 Å². The van der Waals surface area contributed by atoms with Gasteiger partial charge in [-0.3, -0.25) is 14.5 Å². The van der Waals surface area contributed by atoms with Crippen molar-refractivity contribution in [2.75, 3.05) is 14.2 Å². The first kappa shape index (κ1) is 14.3. The zero-order chi connectivity index (χ0) is 15.5. The van der Waals surface area contributed by atoms with Gasteiger partial charge in [-0.15, -0.1) is 0 Å². The van der Waals surface area contributed by atoms with Crippen molar-refractivity contribution < 1.29 is 9.47 Å². The maximum absolute atomic E-state index is 12.5. The monoisotopic (exact) mass is 300 g/mol. The molecule has 22 heavy (non-hydrogen) atoms. The van der Waals surface area contributed by atoms with Gasteiger partial charge in [-0.05, 0) is 18.2 Å². The van der Waals surface area contributed by atoms with E-state index < -0.39 is 0 Å². The number of nitrogens with one attached hydrogen (secondary N) is 1. The van der Waals surface area contributed by atoms with Crippen molar-refractivity contribution in [3.63, 3.8) is 0 Å². The molecule has 0 aliphatic heterocycles. The molecule has 0 spiro atoms. The number of fused-ring (bicyclic) bond motifs is 1. The standard InChI is InChI=1S/C15H16N4O3/c1-21-8-11-6-10(17-18-11)7-19-9-16-14-12(15(19)20)4-3-5-13(14)22-2/h3-6,9H,7-8H2,1-2H3,(H,17,18). The fourth-order valence-electron chi connectivity index (χ4n) is 2.34. The Morgan fingerprint density at radius 1 is 1.32 bits per heavy atom. The lowest BCUT2D eigenvalue weighted by Crippen LogP contribution is -2.21. The Morgan fingerprint density at radius 2 is 2.18 bits per heavy atom. The average Bonchev–Trinajstić information content (AvgIpc) is 2.97. The van der Waals surface area contributed by atoms with Gasteiger partial charge in [0, 0.05) is 7.11 Å². The van der Waals surface area contributed by atoms with Crippen LogP contribution in [-0.2, 0) is 17.9 Å². The van der Waals surface area contributed by atoms with Crippen LogP contribution in [0, 0.1) is 0 Å². The summed E-state index contributed by atoms with van der Waals surface area (Å²) in [5.41, 5.74) is 2.06. The highest BCUT2D eigenvalue weighted by Gasteiger charge is 2.09. The van der Waals surface area contributed by atoms with Crippen LogP contribution in [0.2, 0.25) is 0 Å². The lowest BCUT2D eigenvalue weighted by Gasteiger charge is -2.07. The molecule has 1 N–H and O–H groups in total. The van der Waals surface area contributed by atoms with Crippen molar-refractivity contribution >= 4 is 10.9 Å². The molecule has 3 rings (SSSR count). The van der Waals surface area contributed by atoms with E-state index >= 15 is 0 Å². The van der Waals surface area contributed by atoms with Crippen LogP contribution in [0.1, 0.15) is 11.4 Å². The fourth-order valence-corrected chi connectivity index (χ4v) is 2.34. The number of ether oxygens (including phenoxy) is 2. The third-order valence-corrected chi connectivity index (χ3v) is 3.35. The second-order valence-corrected chi connectivity index (χ2v) is 4.85. The van der Waals surface area contributed by atoms with E-state index in [1.807, 2.05) is 6.07 Å². The molecule has 1 aromatic carbocycles. The third-order valence-electron chi connectivity index (χ3n) is 3.35. The number of hydrogen-bond donors (Lipinski definition) is 1. The highest BCUT2D eigenvalue weighted by atomic mass is 16.5. The van der Waals surface area contributed by atoms with Gasteiger partial charge in [0.2, 0.25) is 0 Å². The molecule has 0 aliphatic rings. The molecule has 0 aliphatic carbocycles. The number of benzene rings is 1. The molecular weight excluding hydrogens is 284 g/mol. The van der Waals surface area contributed by atoms with E-state index in [-0.39, 0.29) is 5.56 Å². The molecule has 3 aromatic rings. The van der Waals surface area contributed by atoms with Crippen molar-refractivity contribution in [1.82, 2.24) is 19.7 Å². The van der Waals surface area contributed by atoms with Crippen molar-refractivity contribution in [2.24, 2.45) is 0 Å². The van der Waals surface area contributed by atoms with E-state index in [0.29, 0.717) is 29.8 Å². The predicted molar refractivity (Wildman–Crippen MR) is 81.0 cm³/mol. The maximum atomic E-state index is 12.5. The summed E-state index contributed by atoms with van der Waals surface area (Å²) in [6.45, 7) is 0.800. The van der Waals surface area contributed by atoms with Crippen LogP contribution in [0.4, 0.5) is 0 Å². The molecule has 2 aromatic heterocycles. The van der Waals surface area contributed by atoms with Gasteiger partial charge in [-0.2, -0.15) is 5.10 Å². The summed E-state index contributed by atoms with van der Waals surface area (Å²) < 4.78 is 11.8. The summed E-state index contributed by atoms with van der Waals surface area (Å²) in [5, 5.41) is 7.54. The highest BCUT2D eigenvalue weighted by molar-refractivity contribution is 5.83. The summed E-state index contributed by atoms with van der Waals surface area (Å²) in [5.74, 6) is 0.589. The van der Waals surface area contributed by atoms with E-state index in [0.717, 1.165) is 11.4 Å². The summed E-state index contributed by atoms with van der Waals surface area (Å²) in [4.78, 5) is 16.9. The van der Waals surface area contributed by atoms with Crippen LogP contribution in [0.15, 0.2) is 35.4 Å². The minimum Gasteiger partial charge on any atom is -0.494 e. The molecule has 2 heterocycles. The summed E-state index contributed by atoms with van der Waals surface area (Å²) >= 11 is 0. The van der Waals surface area contributed by atoms with Crippen LogP contribution in [0.5, 0.6) is 5.75 Å². The molecule has 0 saturated carbocycles. The number of methoxy groups -OCH3 is 2. The lowest BCUT2D eigenvalue weighted by atomic mass is 10.2. The zero-order valence-corrected chi connectivity index (χ0v) is 12.4. The predicted octanol–water partition coefficient (Wildman–Crippen LogP) is 1.32. The minimum atomic E-state index is -0.119. The topological polar surface area (TPSA) is 82.0 Å². The Labute approximate surface area is 126 Å². The molecule has 7 heteroatoms. The Balaban J connectivity index is 1.97. The number of aromatic amines is 1. The lowest BCUT2D eigenvalue weighted by molar-refractivity contribution is 0.181. The van der Waals surface area contributed by atoms with Gasteiger partial charge in [0.1, 0.15) is 11.3 Å². The summed E-state index contributed by atoms with van der Waals surface area (Å²) in [6.07, 6.45) is 1.52. The number of hydrogen-bond acceptors (Lipinski definition) is 5. The molecule has 7 nitrogen and oxygen atoms in total. The quantitative estimate of drug-likeness (QED) is 0.768. The normalized spacial score (nSPS) is 11.0. The number of rotatable bonds is 5. The van der Waals surface area contributed by atoms with Gasteiger partial charge >= 0.3 is 0 Å². The molecule has 0 fully saturated rings. The number of para-hydroxylation sites is 1. The molecule has 0 saturated heterocycles. The molecule has 0 radical (unpaired) electrons. The Hall–Kier alpha value is -2.67. The second kappa shape index (κ2) is 5.98. The minimum absolute atomic E-state index is 0.119. The van der Waals surface area contributed by atoms with E-state index in [1.165, 1.54) is 10.9 Å². The SMILES string of the molecule is COCc1cc(Cn2cnc3c(OC)cccc3c2=O)[nH]n1. The molecule has 0 unspecified atom stereocenters.